The van der Waals surface area contributed by atoms with Crippen LogP contribution in [-0.4, -0.2) is 17.7 Å². The first kappa shape index (κ1) is 17.8. The first-order valence-corrected chi connectivity index (χ1v) is 7.44. The molecule has 0 radical (unpaired) electrons. The van der Waals surface area contributed by atoms with Gasteiger partial charge in [0.1, 0.15) is 5.78 Å². The first-order chi connectivity index (χ1) is 10.1. The average Bonchev–Trinajstić information content (AvgIpc) is 2.90. The van der Waals surface area contributed by atoms with Gasteiger partial charge in [0.05, 0.1) is 11.6 Å². The predicted molar refractivity (Wildman–Crippen MR) is 84.5 cm³/mol. The molecule has 2 atom stereocenters. The zero-order chi connectivity index (χ0) is 15.0. The second kappa shape index (κ2) is 7.36. The van der Waals surface area contributed by atoms with Crippen LogP contribution >= 0.6 is 0 Å². The number of hydrogen-bond donors (Lipinski definition) is 0. The molecule has 3 nitrogen and oxygen atoms in total. The first-order valence-electron chi connectivity index (χ1n) is 7.44. The number of amides is 1. The summed E-state index contributed by atoms with van der Waals surface area (Å²) in [4.78, 5) is 26.2. The van der Waals surface area contributed by atoms with Crippen LogP contribution in [0.1, 0.15) is 28.1 Å². The number of hydrogen-bond acceptors (Lipinski definition) is 2. The molecule has 110 valence electrons. The molecule has 0 spiro atoms. The van der Waals surface area contributed by atoms with Crippen molar-refractivity contribution in [3.8, 4) is 11.1 Å². The van der Waals surface area contributed by atoms with Gasteiger partial charge >= 0.3 is 51.4 Å². The summed E-state index contributed by atoms with van der Waals surface area (Å²) in [6.45, 7) is 3.58. The van der Waals surface area contributed by atoms with Crippen LogP contribution in [0.5, 0.6) is 0 Å². The molecule has 0 aromatic heterocycles. The Balaban J connectivity index is 0.00000132. The van der Waals surface area contributed by atoms with Crippen molar-refractivity contribution in [1.82, 2.24) is 0 Å². The molecule has 3 aliphatic rings. The van der Waals surface area contributed by atoms with E-state index in [9.17, 15) is 9.59 Å². The van der Waals surface area contributed by atoms with Gasteiger partial charge in [-0.25, -0.2) is 0 Å². The van der Waals surface area contributed by atoms with Crippen LogP contribution in [0, 0.1) is 5.92 Å². The van der Waals surface area contributed by atoms with E-state index in [-0.39, 0.29) is 70.5 Å². The average molecular weight is 321 g/mol. The SMILES string of the molecule is CCC1CC(C(C)=O)C(=O)N1c1ccc2cccccc1-2.[H-].[K+]. The summed E-state index contributed by atoms with van der Waals surface area (Å²) in [7, 11) is 0. The predicted octanol–water partition coefficient (Wildman–Crippen LogP) is 0.628. The van der Waals surface area contributed by atoms with Crippen molar-refractivity contribution < 1.29 is 62.4 Å². The van der Waals surface area contributed by atoms with Crippen LogP contribution in [-0.2, 0) is 9.59 Å². The Hall–Kier alpha value is -0.524. The maximum Gasteiger partial charge on any atom is 1.00 e. The molecule has 0 aromatic carbocycles. The smallest absolute Gasteiger partial charge is 1.00 e. The van der Waals surface area contributed by atoms with Gasteiger partial charge in [0, 0.05) is 11.6 Å². The zero-order valence-corrected chi connectivity index (χ0v) is 16.5. The summed E-state index contributed by atoms with van der Waals surface area (Å²) < 4.78 is 0. The van der Waals surface area contributed by atoms with Crippen LogP contribution in [0.4, 0.5) is 5.69 Å². The Bertz CT molecular complexity index is 676. The minimum absolute atomic E-state index is 0. The van der Waals surface area contributed by atoms with Gasteiger partial charge in [-0.3, -0.25) is 9.59 Å². The van der Waals surface area contributed by atoms with E-state index in [1.807, 2.05) is 47.4 Å². The van der Waals surface area contributed by atoms with E-state index in [4.69, 9.17) is 0 Å². The van der Waals surface area contributed by atoms with Gasteiger partial charge in [-0.15, -0.1) is 0 Å². The van der Waals surface area contributed by atoms with Crippen molar-refractivity contribution in [3.05, 3.63) is 42.5 Å². The summed E-state index contributed by atoms with van der Waals surface area (Å²) in [5.41, 5.74) is 3.11. The Morgan fingerprint density at radius 1 is 1.23 bits per heavy atom. The van der Waals surface area contributed by atoms with Gasteiger partial charge in [0.25, 0.3) is 0 Å². The summed E-state index contributed by atoms with van der Waals surface area (Å²) >= 11 is 0. The van der Waals surface area contributed by atoms with E-state index in [1.54, 1.807) is 0 Å². The van der Waals surface area contributed by atoms with Crippen LogP contribution in [0.3, 0.4) is 0 Å². The number of ketones is 1. The maximum absolute atomic E-state index is 12.6. The molecule has 1 amide bonds. The van der Waals surface area contributed by atoms with Gasteiger partial charge in [0.15, 0.2) is 0 Å². The molecule has 0 N–H and O–H groups in total. The van der Waals surface area contributed by atoms with Crippen LogP contribution in [0.15, 0.2) is 42.5 Å². The summed E-state index contributed by atoms with van der Waals surface area (Å²) in [5, 5.41) is 0. The molecule has 0 aromatic rings. The van der Waals surface area contributed by atoms with E-state index >= 15 is 0 Å². The molecule has 3 rings (SSSR count). The molecule has 0 bridgehead atoms. The molecule has 4 heteroatoms. The molecule has 0 saturated carbocycles. The van der Waals surface area contributed by atoms with Crippen molar-refractivity contribution in [2.24, 2.45) is 5.92 Å². The van der Waals surface area contributed by atoms with Crippen LogP contribution in [0.25, 0.3) is 11.1 Å². The normalized spacial score (nSPS) is 21.0. The second-order valence-electron chi connectivity index (χ2n) is 5.67. The quantitative estimate of drug-likeness (QED) is 0.614. The zero-order valence-electron chi connectivity index (χ0n) is 14.4. The molecule has 2 unspecified atom stereocenters. The Morgan fingerprint density at radius 3 is 2.64 bits per heavy atom. The third-order valence-corrected chi connectivity index (χ3v) is 4.40. The van der Waals surface area contributed by atoms with Gasteiger partial charge in [0.2, 0.25) is 5.91 Å². The van der Waals surface area contributed by atoms with E-state index in [2.05, 4.69) is 6.92 Å². The molecule has 1 saturated heterocycles. The van der Waals surface area contributed by atoms with Crippen LogP contribution in [0.2, 0.25) is 0 Å². The Morgan fingerprint density at radius 2 is 1.95 bits per heavy atom. The minimum atomic E-state index is -0.475. The van der Waals surface area contributed by atoms with Gasteiger partial charge in [-0.1, -0.05) is 43.3 Å². The number of nitrogens with zero attached hydrogens (tertiary/aromatic N) is 1. The topological polar surface area (TPSA) is 37.4 Å². The van der Waals surface area contributed by atoms with Crippen molar-refractivity contribution in [2.75, 3.05) is 4.90 Å². The maximum atomic E-state index is 12.6. The number of fused-ring (bicyclic) bond motifs is 1. The molecule has 22 heavy (non-hydrogen) atoms. The van der Waals surface area contributed by atoms with E-state index in [1.165, 1.54) is 6.92 Å². The monoisotopic (exact) mass is 321 g/mol. The van der Waals surface area contributed by atoms with Crippen molar-refractivity contribution in [1.29, 1.82) is 0 Å². The summed E-state index contributed by atoms with van der Waals surface area (Å²) in [6, 6.07) is 14.2. The van der Waals surface area contributed by atoms with Gasteiger partial charge in [-0.05, 0) is 31.4 Å². The molecule has 1 heterocycles. The van der Waals surface area contributed by atoms with E-state index in [0.29, 0.717) is 6.42 Å². The molecule has 2 aliphatic carbocycles. The van der Waals surface area contributed by atoms with Gasteiger partial charge in [-0.2, -0.15) is 0 Å². The van der Waals surface area contributed by atoms with E-state index < -0.39 is 5.92 Å². The molecular weight excluding hydrogens is 301 g/mol. The molecule has 1 aliphatic heterocycles. The Labute approximate surface area is 175 Å². The summed E-state index contributed by atoms with van der Waals surface area (Å²) in [6.07, 6.45) is 1.50. The van der Waals surface area contributed by atoms with E-state index in [0.717, 1.165) is 23.2 Å². The fraction of sp³-hybridized carbons (Fsp3) is 0.333. The standard InChI is InChI=1S/C18H19NO2.K.H/c1-3-14-11-16(12(2)20)18(21)19(14)17-10-9-13-7-5-4-6-8-15(13)17;;/h4-10,14,16H,3,11H2,1-2H3;;/q;+1;-1. The summed E-state index contributed by atoms with van der Waals surface area (Å²) in [5.74, 6) is -0.548. The second-order valence-corrected chi connectivity index (χ2v) is 5.67. The van der Waals surface area contributed by atoms with Crippen LogP contribution < -0.4 is 56.3 Å². The van der Waals surface area contributed by atoms with Crippen molar-refractivity contribution in [3.63, 3.8) is 0 Å². The number of anilines is 1. The third kappa shape index (κ3) is 3.08. The largest absolute Gasteiger partial charge is 1.00 e. The number of rotatable bonds is 3. The Kier molecular flexibility index (Phi) is 5.97. The molecule has 1 fully saturated rings. The minimum Gasteiger partial charge on any atom is -1.00 e. The number of carbonyl (C=O) groups is 2. The fourth-order valence-electron chi connectivity index (χ4n) is 3.24. The number of Topliss-reactive ketones (excluding diaryl/α,β-unsaturated/α-hetero) is 1. The fourth-order valence-corrected chi connectivity index (χ4v) is 3.24. The van der Waals surface area contributed by atoms with Crippen molar-refractivity contribution >= 4 is 17.4 Å². The number of carbonyl (C=O) groups excluding carboxylic acids is 2. The van der Waals surface area contributed by atoms with Crippen molar-refractivity contribution in [2.45, 2.75) is 32.7 Å². The van der Waals surface area contributed by atoms with Gasteiger partial charge < -0.3 is 6.33 Å². The molecular formula is C18H20KNO2. The third-order valence-electron chi connectivity index (χ3n) is 4.40.